The lowest BCUT2D eigenvalue weighted by Crippen LogP contribution is -2.57. The molecular weight excluding hydrogens is 460 g/mol. The summed E-state index contributed by atoms with van der Waals surface area (Å²) >= 11 is 0. The molecule has 1 fully saturated rings. The molecule has 5 rings (SSSR count). The SMILES string of the molecule is Cc1ccccc1C1C(OC(=O)c2ccccc2)C(OC(=O)c2ccccc2)C(C)C2(C)C=CC=CC12. The molecule has 4 nitrogen and oxygen atoms in total. The van der Waals surface area contributed by atoms with E-state index in [0.29, 0.717) is 11.1 Å². The Bertz CT molecular complexity index is 1330. The summed E-state index contributed by atoms with van der Waals surface area (Å²) < 4.78 is 12.6. The van der Waals surface area contributed by atoms with Gasteiger partial charge in [-0.3, -0.25) is 0 Å². The smallest absolute Gasteiger partial charge is 0.338 e. The van der Waals surface area contributed by atoms with Crippen molar-refractivity contribution in [3.63, 3.8) is 0 Å². The summed E-state index contributed by atoms with van der Waals surface area (Å²) in [5, 5.41) is 0. The largest absolute Gasteiger partial charge is 0.454 e. The third-order valence-electron chi connectivity index (χ3n) is 8.19. The molecule has 2 aliphatic rings. The normalized spacial score (nSPS) is 28.2. The van der Waals surface area contributed by atoms with Gasteiger partial charge in [-0.05, 0) is 53.6 Å². The van der Waals surface area contributed by atoms with Crippen LogP contribution in [0.3, 0.4) is 0 Å². The Kier molecular flexibility index (Phi) is 6.84. The number of carbonyl (C=O) groups is 2. The highest BCUT2D eigenvalue weighted by atomic mass is 16.6. The number of allylic oxidation sites excluding steroid dienone is 4. The molecule has 3 aromatic rings. The van der Waals surface area contributed by atoms with E-state index in [-0.39, 0.29) is 23.2 Å². The molecular formula is C33H32O4. The van der Waals surface area contributed by atoms with Crippen molar-refractivity contribution in [2.75, 3.05) is 0 Å². The highest BCUT2D eigenvalue weighted by molar-refractivity contribution is 5.90. The summed E-state index contributed by atoms with van der Waals surface area (Å²) in [5.41, 5.74) is 2.85. The average molecular weight is 493 g/mol. The highest BCUT2D eigenvalue weighted by Gasteiger charge is 2.57. The predicted octanol–water partition coefficient (Wildman–Crippen LogP) is 6.93. The van der Waals surface area contributed by atoms with Crippen molar-refractivity contribution < 1.29 is 19.1 Å². The maximum absolute atomic E-state index is 13.4. The molecule has 6 unspecified atom stereocenters. The molecule has 3 aromatic carbocycles. The van der Waals surface area contributed by atoms with Gasteiger partial charge in [0, 0.05) is 11.8 Å². The zero-order valence-corrected chi connectivity index (χ0v) is 21.4. The molecule has 1 saturated carbocycles. The molecule has 0 spiro atoms. The van der Waals surface area contributed by atoms with Crippen LogP contribution >= 0.6 is 0 Å². The van der Waals surface area contributed by atoms with Crippen LogP contribution in [0.5, 0.6) is 0 Å². The Labute approximate surface area is 218 Å². The minimum Gasteiger partial charge on any atom is -0.454 e. The second kappa shape index (κ2) is 10.2. The minimum absolute atomic E-state index is 0.0499. The van der Waals surface area contributed by atoms with Gasteiger partial charge in [0.1, 0.15) is 12.2 Å². The Balaban J connectivity index is 1.62. The topological polar surface area (TPSA) is 52.6 Å². The number of aryl methyl sites for hydroxylation is 1. The molecule has 0 saturated heterocycles. The molecule has 0 radical (unpaired) electrons. The molecule has 0 bridgehead atoms. The zero-order chi connectivity index (χ0) is 26.0. The van der Waals surface area contributed by atoms with E-state index < -0.39 is 24.1 Å². The zero-order valence-electron chi connectivity index (χ0n) is 21.4. The molecule has 0 aliphatic heterocycles. The number of ether oxygens (including phenoxy) is 2. The summed E-state index contributed by atoms with van der Waals surface area (Å²) in [6, 6.07) is 26.2. The van der Waals surface area contributed by atoms with Crippen LogP contribution in [0.15, 0.2) is 109 Å². The van der Waals surface area contributed by atoms with Crippen LogP contribution in [0.25, 0.3) is 0 Å². The van der Waals surface area contributed by atoms with E-state index in [1.54, 1.807) is 24.3 Å². The number of carbonyl (C=O) groups excluding carboxylic acids is 2. The van der Waals surface area contributed by atoms with E-state index in [1.807, 2.05) is 48.5 Å². The van der Waals surface area contributed by atoms with Gasteiger partial charge in [0.05, 0.1) is 11.1 Å². The molecule has 37 heavy (non-hydrogen) atoms. The summed E-state index contributed by atoms with van der Waals surface area (Å²) in [5.74, 6) is -1.10. The van der Waals surface area contributed by atoms with Crippen LogP contribution in [-0.4, -0.2) is 24.1 Å². The maximum atomic E-state index is 13.4. The predicted molar refractivity (Wildman–Crippen MR) is 144 cm³/mol. The Morgan fingerprint density at radius 3 is 1.86 bits per heavy atom. The third-order valence-corrected chi connectivity index (χ3v) is 8.19. The summed E-state index contributed by atoms with van der Waals surface area (Å²) in [4.78, 5) is 26.8. The molecule has 188 valence electrons. The lowest BCUT2D eigenvalue weighted by Gasteiger charge is -2.54. The van der Waals surface area contributed by atoms with Crippen LogP contribution in [0.4, 0.5) is 0 Å². The van der Waals surface area contributed by atoms with Crippen LogP contribution in [0.2, 0.25) is 0 Å². The van der Waals surface area contributed by atoms with Crippen molar-refractivity contribution in [2.24, 2.45) is 17.3 Å². The first-order valence-electron chi connectivity index (χ1n) is 12.8. The van der Waals surface area contributed by atoms with Gasteiger partial charge in [0.15, 0.2) is 0 Å². The number of rotatable bonds is 5. The fraction of sp³-hybridized carbons (Fsp3) is 0.273. The fourth-order valence-electron chi connectivity index (χ4n) is 5.95. The van der Waals surface area contributed by atoms with Gasteiger partial charge in [0.25, 0.3) is 0 Å². The molecule has 0 amide bonds. The molecule has 0 N–H and O–H groups in total. The molecule has 2 aliphatic carbocycles. The standard InChI is InChI=1S/C33H32O4/c1-22-14-10-11-19-26(22)28-27-20-12-13-21-33(27,3)23(2)29(36-31(34)24-15-6-4-7-16-24)30(28)37-32(35)25-17-8-5-9-18-25/h4-21,23,27-30H,1-3H3. The van der Waals surface area contributed by atoms with Crippen LogP contribution in [0.1, 0.15) is 51.6 Å². The third kappa shape index (κ3) is 4.64. The Morgan fingerprint density at radius 2 is 1.27 bits per heavy atom. The van der Waals surface area contributed by atoms with Gasteiger partial charge in [-0.2, -0.15) is 0 Å². The van der Waals surface area contributed by atoms with E-state index >= 15 is 0 Å². The minimum atomic E-state index is -0.675. The second-order valence-electron chi connectivity index (χ2n) is 10.3. The Hall–Kier alpha value is -3.92. The van der Waals surface area contributed by atoms with Crippen molar-refractivity contribution in [3.8, 4) is 0 Å². The summed E-state index contributed by atoms with van der Waals surface area (Å²) in [6.07, 6.45) is 7.23. The van der Waals surface area contributed by atoms with Gasteiger partial charge in [0.2, 0.25) is 0 Å². The number of benzene rings is 3. The van der Waals surface area contributed by atoms with Gasteiger partial charge in [-0.15, -0.1) is 0 Å². The van der Waals surface area contributed by atoms with E-state index in [0.717, 1.165) is 11.1 Å². The number of fused-ring (bicyclic) bond motifs is 1. The van der Waals surface area contributed by atoms with Crippen molar-refractivity contribution in [3.05, 3.63) is 131 Å². The van der Waals surface area contributed by atoms with Gasteiger partial charge in [-0.1, -0.05) is 98.8 Å². The van der Waals surface area contributed by atoms with Crippen LogP contribution < -0.4 is 0 Å². The number of esters is 2. The molecule has 4 heteroatoms. The van der Waals surface area contributed by atoms with Crippen molar-refractivity contribution in [1.29, 1.82) is 0 Å². The molecule has 6 atom stereocenters. The van der Waals surface area contributed by atoms with Crippen LogP contribution in [0, 0.1) is 24.2 Å². The highest BCUT2D eigenvalue weighted by Crippen LogP contribution is 2.56. The van der Waals surface area contributed by atoms with Gasteiger partial charge >= 0.3 is 11.9 Å². The van der Waals surface area contributed by atoms with Crippen molar-refractivity contribution in [1.82, 2.24) is 0 Å². The summed E-state index contributed by atoms with van der Waals surface area (Å²) in [6.45, 7) is 6.39. The van der Waals surface area contributed by atoms with E-state index in [2.05, 4.69) is 57.2 Å². The first-order valence-corrected chi connectivity index (χ1v) is 12.8. The Morgan fingerprint density at radius 1 is 0.730 bits per heavy atom. The molecule has 0 aromatic heterocycles. The monoisotopic (exact) mass is 492 g/mol. The van der Waals surface area contributed by atoms with Gasteiger partial charge in [-0.25, -0.2) is 9.59 Å². The fourth-order valence-corrected chi connectivity index (χ4v) is 5.95. The second-order valence-corrected chi connectivity index (χ2v) is 10.3. The van der Waals surface area contributed by atoms with E-state index in [9.17, 15) is 9.59 Å². The lowest BCUT2D eigenvalue weighted by atomic mass is 9.53. The quantitative estimate of drug-likeness (QED) is 0.363. The number of hydrogen-bond acceptors (Lipinski definition) is 4. The van der Waals surface area contributed by atoms with Crippen LogP contribution in [-0.2, 0) is 9.47 Å². The van der Waals surface area contributed by atoms with E-state index in [1.165, 1.54) is 0 Å². The van der Waals surface area contributed by atoms with Gasteiger partial charge < -0.3 is 9.47 Å². The average Bonchev–Trinajstić information content (AvgIpc) is 2.93. The first kappa shape index (κ1) is 24.8. The maximum Gasteiger partial charge on any atom is 0.338 e. The van der Waals surface area contributed by atoms with Crippen molar-refractivity contribution >= 4 is 11.9 Å². The number of hydrogen-bond donors (Lipinski definition) is 0. The first-order chi connectivity index (χ1) is 17.9. The molecule has 0 heterocycles. The van der Waals surface area contributed by atoms with Crippen molar-refractivity contribution in [2.45, 2.75) is 38.9 Å². The lowest BCUT2D eigenvalue weighted by molar-refractivity contribution is -0.121. The van der Waals surface area contributed by atoms with E-state index in [4.69, 9.17) is 9.47 Å². The summed E-state index contributed by atoms with van der Waals surface area (Å²) in [7, 11) is 0.